The van der Waals surface area contributed by atoms with E-state index < -0.39 is 24.4 Å². The van der Waals surface area contributed by atoms with Gasteiger partial charge in [-0.05, 0) is 231 Å². The highest BCUT2D eigenvalue weighted by atomic mass is 16.5. The van der Waals surface area contributed by atoms with Gasteiger partial charge in [0.25, 0.3) is 0 Å². The highest BCUT2D eigenvalue weighted by Crippen LogP contribution is 2.70. The van der Waals surface area contributed by atoms with E-state index in [1.165, 1.54) is 0 Å². The lowest BCUT2D eigenvalue weighted by Crippen LogP contribution is -2.62. The molecule has 78 heavy (non-hydrogen) atoms. The van der Waals surface area contributed by atoms with Crippen LogP contribution in [0.5, 0.6) is 0 Å². The summed E-state index contributed by atoms with van der Waals surface area (Å²) in [5, 5.41) is 57.2. The molecule has 20 bridgehead atoms. The molecule has 0 unspecified atom stereocenters. The number of hydrogen-bond donors (Lipinski definition) is 6. The van der Waals surface area contributed by atoms with E-state index >= 15 is 0 Å². The molecular weight excluding hydrogens is 985 g/mol. The minimum atomic E-state index is -0.533. The van der Waals surface area contributed by atoms with E-state index in [4.69, 9.17) is 9.47 Å². The second-order valence-electron chi connectivity index (χ2n) is 27.7. The molecule has 0 aromatic heterocycles. The van der Waals surface area contributed by atoms with E-state index in [0.29, 0.717) is 75.3 Å². The van der Waals surface area contributed by atoms with E-state index in [0.717, 1.165) is 62.5 Å². The molecule has 22 atom stereocenters. The molecule has 424 valence electrons. The van der Waals surface area contributed by atoms with Crippen molar-refractivity contribution in [3.63, 3.8) is 0 Å². The number of carbonyl (C=O) groups is 4. The van der Waals surface area contributed by atoms with E-state index in [-0.39, 0.29) is 129 Å². The van der Waals surface area contributed by atoms with Crippen LogP contribution in [-0.2, 0) is 19.1 Å². The van der Waals surface area contributed by atoms with Crippen molar-refractivity contribution in [1.29, 1.82) is 0 Å². The molecule has 8 saturated carbocycles. The Balaban J connectivity index is 0.783. The van der Waals surface area contributed by atoms with Crippen LogP contribution in [0.4, 0.5) is 0 Å². The Bertz CT molecular complexity index is 2450. The van der Waals surface area contributed by atoms with E-state index in [2.05, 4.69) is 62.6 Å². The number of rotatable bonds is 0. The van der Waals surface area contributed by atoms with Crippen molar-refractivity contribution in [3.8, 4) is 0 Å². The first-order chi connectivity index (χ1) is 37.2. The molecule has 14 nitrogen and oxygen atoms in total. The normalized spacial score (nSPS) is 46.8. The fourth-order valence-electron chi connectivity index (χ4n) is 19.9. The van der Waals surface area contributed by atoms with Gasteiger partial charge in [0.2, 0.25) is 11.8 Å². The summed E-state index contributed by atoms with van der Waals surface area (Å²) in [7, 11) is 0. The lowest BCUT2D eigenvalue weighted by Gasteiger charge is -2.63. The van der Waals surface area contributed by atoms with Crippen LogP contribution in [0.3, 0.4) is 0 Å². The number of nitrogens with one attached hydrogen (secondary N) is 2. The van der Waals surface area contributed by atoms with Crippen molar-refractivity contribution in [1.82, 2.24) is 10.9 Å². The smallest absolute Gasteiger partial charge is 0.338 e. The van der Waals surface area contributed by atoms with Gasteiger partial charge in [0, 0.05) is 12.8 Å². The summed E-state index contributed by atoms with van der Waals surface area (Å²) in [6, 6.07) is 14.0. The van der Waals surface area contributed by atoms with Gasteiger partial charge in [-0.25, -0.2) is 20.4 Å². The number of benzene rings is 2. The molecule has 8 fully saturated rings. The van der Waals surface area contributed by atoms with Gasteiger partial charge in [0.1, 0.15) is 12.2 Å². The van der Waals surface area contributed by atoms with Crippen LogP contribution < -0.4 is 10.9 Å². The third kappa shape index (κ3) is 9.69. The molecule has 8 aliphatic carbocycles. The van der Waals surface area contributed by atoms with Gasteiger partial charge in [0.05, 0.1) is 48.0 Å². The SMILES string of the molecule is C[C@@H]1CCC(=O)N/N=C/c2ccc(cc2)C(=O)O[C@@H]2CC[C@@]3(C)[C@@H](C2)C[C@@H](O)[C@@H]2[C@@H]3C[C@H](O)[C@]3(C)[C@H](CC[C@@H]23)[C@H](C)CCC(=O)N/N=C/c2ccc(cc2)C(=O)O[C@@H]2CC[C@@]3(C)[C@@H](C2)C[C@@H](O)[C@@H]2[C@@H]3C[C@H](O)[C@]3(C)[C@@H]1CC[C@@H]23. The van der Waals surface area contributed by atoms with Crippen molar-refractivity contribution >= 4 is 36.2 Å². The third-order valence-electron chi connectivity index (χ3n) is 24.3. The first-order valence-corrected chi connectivity index (χ1v) is 30.2. The van der Waals surface area contributed by atoms with Crippen LogP contribution in [0.2, 0.25) is 0 Å². The molecule has 14 aliphatic heterocycles. The van der Waals surface area contributed by atoms with E-state index in [1.54, 1.807) is 61.0 Å². The number of aliphatic hydroxyl groups excluding tert-OH is 4. The number of hydrogen-bond acceptors (Lipinski definition) is 12. The van der Waals surface area contributed by atoms with Crippen LogP contribution >= 0.6 is 0 Å². The third-order valence-corrected chi connectivity index (χ3v) is 24.3. The minimum Gasteiger partial charge on any atom is -0.459 e. The van der Waals surface area contributed by atoms with Crippen LogP contribution in [0.25, 0.3) is 0 Å². The van der Waals surface area contributed by atoms with Gasteiger partial charge >= 0.3 is 11.9 Å². The summed E-state index contributed by atoms with van der Waals surface area (Å²) in [5.41, 5.74) is 6.76. The topological polar surface area (TPSA) is 216 Å². The van der Waals surface area contributed by atoms with Gasteiger partial charge in [-0.1, -0.05) is 65.8 Å². The average molecular weight is 1070 g/mol. The zero-order chi connectivity index (χ0) is 55.1. The zero-order valence-electron chi connectivity index (χ0n) is 47.0. The van der Waals surface area contributed by atoms with Crippen LogP contribution in [-0.4, -0.2) is 93.2 Å². The fraction of sp³-hybridized carbons (Fsp3) is 0.719. The molecule has 24 rings (SSSR count). The summed E-state index contributed by atoms with van der Waals surface area (Å²) in [5.74, 6) is 0.691. The molecule has 22 aliphatic rings. The molecule has 2 aromatic rings. The summed E-state index contributed by atoms with van der Waals surface area (Å²) in [4.78, 5) is 53.5. The lowest BCUT2D eigenvalue weighted by atomic mass is 9.43. The predicted octanol–water partition coefficient (Wildman–Crippen LogP) is 9.39. The van der Waals surface area contributed by atoms with Gasteiger partial charge in [-0.2, -0.15) is 10.2 Å². The van der Waals surface area contributed by atoms with Crippen LogP contribution in [0, 0.1) is 92.7 Å². The predicted molar refractivity (Wildman–Crippen MR) is 296 cm³/mol. The molecule has 2 aromatic carbocycles. The van der Waals surface area contributed by atoms with Gasteiger partial charge in [-0.3, -0.25) is 9.59 Å². The minimum absolute atomic E-state index is 0.0742. The Morgan fingerprint density at radius 3 is 1.23 bits per heavy atom. The monoisotopic (exact) mass is 1070 g/mol. The second kappa shape index (κ2) is 21.4. The van der Waals surface area contributed by atoms with Crippen molar-refractivity contribution in [3.05, 3.63) is 70.8 Å². The number of hydrazone groups is 2. The standard InChI is InChI=1S/C64H88N4O10/c1-35-7-21-55(73)67-65-33-37-9-13-39(14-10-37)59(75)78-44-24-26-62(4)42(28-44)30-52(70)58-48-20-18-46(64(48,6)54(72)32-50(58)62)36(2)8-22-56(74)68-66-34-38-11-15-40(16-12-38)60(76)77-43-23-25-61(3)41(27-43)29-51(69)57-47-19-17-45(35)63(47,5)53(71)31-49(57)61/h9-16,33-36,41-54,57-58,69-72H,7-8,17-32H2,1-6H3,(H,67,73)(H,68,74)/b65-33+,66-34+/t35-,36-,41+,42+,43-,44-,45-,46-,47+,48+,49+,50+,51-,52-,53+,54+,57+,58+,61+,62+,63-,64-/m1/s1. The Morgan fingerprint density at radius 1 is 0.474 bits per heavy atom. The zero-order valence-corrected chi connectivity index (χ0v) is 47.0. The maximum atomic E-state index is 13.6. The molecule has 6 N–H and O–H groups in total. The number of aliphatic hydroxyl groups is 4. The number of esters is 2. The Morgan fingerprint density at radius 2 is 0.846 bits per heavy atom. The quantitative estimate of drug-likeness (QED) is 0.137. The molecular formula is C64H88N4O10. The Kier molecular flexibility index (Phi) is 15.2. The highest BCUT2D eigenvalue weighted by Gasteiger charge is 2.68. The Hall–Kier alpha value is -4.50. The van der Waals surface area contributed by atoms with Crippen molar-refractivity contribution in [2.24, 2.45) is 103 Å². The van der Waals surface area contributed by atoms with Crippen LogP contribution in [0.1, 0.15) is 189 Å². The summed E-state index contributed by atoms with van der Waals surface area (Å²) in [6.07, 6.45) is 13.2. The number of nitrogens with zero attached hydrogens (tertiary/aromatic N) is 2. The second-order valence-corrected chi connectivity index (χ2v) is 27.7. The Labute approximate surface area is 461 Å². The van der Waals surface area contributed by atoms with E-state index in [1.807, 2.05) is 0 Å². The molecule has 0 saturated heterocycles. The largest absolute Gasteiger partial charge is 0.459 e. The van der Waals surface area contributed by atoms with E-state index in [9.17, 15) is 39.6 Å². The van der Waals surface area contributed by atoms with Crippen molar-refractivity contribution < 1.29 is 49.1 Å². The number of carbonyl (C=O) groups excluding carboxylic acids is 4. The fourth-order valence-corrected chi connectivity index (χ4v) is 19.9. The molecule has 0 radical (unpaired) electrons. The van der Waals surface area contributed by atoms with Gasteiger partial charge in [-0.15, -0.1) is 0 Å². The number of ether oxygens (including phenoxy) is 2. The number of amides is 2. The molecule has 14 heterocycles. The average Bonchev–Trinajstić information content (AvgIpc) is 4.11. The van der Waals surface area contributed by atoms with Gasteiger partial charge < -0.3 is 29.9 Å². The summed E-state index contributed by atoms with van der Waals surface area (Å²) in [6.45, 7) is 13.6. The molecule has 2 amide bonds. The summed E-state index contributed by atoms with van der Waals surface area (Å²) >= 11 is 0. The lowest BCUT2D eigenvalue weighted by molar-refractivity contribution is -0.207. The van der Waals surface area contributed by atoms with Gasteiger partial charge in [0.15, 0.2) is 0 Å². The first-order valence-electron chi connectivity index (χ1n) is 30.2. The highest BCUT2D eigenvalue weighted by molar-refractivity contribution is 5.92. The van der Waals surface area contributed by atoms with Crippen molar-refractivity contribution in [2.75, 3.05) is 0 Å². The maximum Gasteiger partial charge on any atom is 0.338 e. The maximum absolute atomic E-state index is 13.6. The van der Waals surface area contributed by atoms with Crippen molar-refractivity contribution in [2.45, 2.75) is 194 Å². The first kappa shape index (κ1) is 55.4. The molecule has 0 spiro atoms. The summed E-state index contributed by atoms with van der Waals surface area (Å²) < 4.78 is 12.4. The molecule has 14 heteroatoms. The van der Waals surface area contributed by atoms with Crippen LogP contribution in [0.15, 0.2) is 58.7 Å².